The van der Waals surface area contributed by atoms with Crippen LogP contribution in [-0.2, 0) is 0 Å². The van der Waals surface area contributed by atoms with Crippen molar-refractivity contribution < 1.29 is 9.59 Å². The predicted molar refractivity (Wildman–Crippen MR) is 95.6 cm³/mol. The maximum Gasteiger partial charge on any atom is 0.324 e. The van der Waals surface area contributed by atoms with Crippen molar-refractivity contribution in [1.82, 2.24) is 4.90 Å². The summed E-state index contributed by atoms with van der Waals surface area (Å²) in [4.78, 5) is 28.0. The third-order valence-corrected chi connectivity index (χ3v) is 4.26. The monoisotopic (exact) mass is 323 g/mol. The fourth-order valence-corrected chi connectivity index (χ4v) is 2.85. The Labute approximate surface area is 141 Å². The van der Waals surface area contributed by atoms with Gasteiger partial charge in [0.2, 0.25) is 0 Å². The molecule has 1 aliphatic heterocycles. The Morgan fingerprint density at radius 2 is 1.75 bits per heavy atom. The van der Waals surface area contributed by atoms with E-state index in [0.29, 0.717) is 11.3 Å². The van der Waals surface area contributed by atoms with E-state index in [4.69, 9.17) is 0 Å². The minimum Gasteiger partial charge on any atom is -0.327 e. The first-order valence-corrected chi connectivity index (χ1v) is 8.06. The van der Waals surface area contributed by atoms with Crippen molar-refractivity contribution >= 4 is 23.3 Å². The number of nitrogens with one attached hydrogen (secondary N) is 1. The molecular weight excluding hydrogens is 302 g/mol. The highest BCUT2D eigenvalue weighted by Crippen LogP contribution is 2.22. The number of amides is 3. The number of benzene rings is 2. The molecule has 5 nitrogen and oxygen atoms in total. The maximum atomic E-state index is 12.3. The van der Waals surface area contributed by atoms with Gasteiger partial charge >= 0.3 is 6.03 Å². The number of hydrogen-bond donors (Lipinski definition) is 1. The Bertz CT molecular complexity index is 755. The minimum atomic E-state index is -0.130. The quantitative estimate of drug-likeness (QED) is 0.940. The molecule has 1 saturated heterocycles. The van der Waals surface area contributed by atoms with Gasteiger partial charge in [0.05, 0.1) is 0 Å². The Hall–Kier alpha value is -2.82. The summed E-state index contributed by atoms with van der Waals surface area (Å²) in [5, 5.41) is 2.90. The number of urea groups is 1. The molecule has 5 heteroatoms. The van der Waals surface area contributed by atoms with Crippen LogP contribution in [0.15, 0.2) is 48.5 Å². The summed E-state index contributed by atoms with van der Waals surface area (Å²) in [5.41, 5.74) is 3.16. The molecule has 2 aromatic rings. The first-order chi connectivity index (χ1) is 11.6. The lowest BCUT2D eigenvalue weighted by molar-refractivity contribution is 0.102. The second-order valence-electron chi connectivity index (χ2n) is 6.03. The van der Waals surface area contributed by atoms with Gasteiger partial charge in [-0.25, -0.2) is 4.79 Å². The van der Waals surface area contributed by atoms with Crippen molar-refractivity contribution in [3.63, 3.8) is 0 Å². The summed E-state index contributed by atoms with van der Waals surface area (Å²) in [6.07, 6.45) is 0.952. The van der Waals surface area contributed by atoms with E-state index in [1.807, 2.05) is 56.4 Å². The van der Waals surface area contributed by atoms with Crippen molar-refractivity contribution in [2.24, 2.45) is 0 Å². The number of anilines is 2. The van der Waals surface area contributed by atoms with E-state index in [9.17, 15) is 9.59 Å². The summed E-state index contributed by atoms with van der Waals surface area (Å²) in [6, 6.07) is 14.9. The van der Waals surface area contributed by atoms with Crippen LogP contribution in [0.25, 0.3) is 0 Å². The zero-order valence-electron chi connectivity index (χ0n) is 14.0. The van der Waals surface area contributed by atoms with Crippen LogP contribution in [0.5, 0.6) is 0 Å². The van der Waals surface area contributed by atoms with E-state index < -0.39 is 0 Å². The highest BCUT2D eigenvalue weighted by molar-refractivity contribution is 6.05. The van der Waals surface area contributed by atoms with Crippen molar-refractivity contribution in [2.45, 2.75) is 13.3 Å². The molecule has 0 atom stereocenters. The van der Waals surface area contributed by atoms with Gasteiger partial charge in [-0.2, -0.15) is 0 Å². The molecule has 1 heterocycles. The fourth-order valence-electron chi connectivity index (χ4n) is 2.85. The number of nitrogens with zero attached hydrogens (tertiary/aromatic N) is 2. The second kappa shape index (κ2) is 6.74. The third kappa shape index (κ3) is 3.25. The summed E-state index contributed by atoms with van der Waals surface area (Å²) >= 11 is 0. The molecule has 3 rings (SSSR count). The van der Waals surface area contributed by atoms with Crippen LogP contribution in [0.2, 0.25) is 0 Å². The Kier molecular flexibility index (Phi) is 4.51. The van der Waals surface area contributed by atoms with E-state index in [1.165, 1.54) is 0 Å². The van der Waals surface area contributed by atoms with Gasteiger partial charge in [0.25, 0.3) is 5.91 Å². The van der Waals surface area contributed by atoms with Gasteiger partial charge in [-0.15, -0.1) is 0 Å². The molecular formula is C19H21N3O2. The normalized spacial score (nSPS) is 14.7. The van der Waals surface area contributed by atoms with Gasteiger partial charge in [-0.1, -0.05) is 18.2 Å². The summed E-state index contributed by atoms with van der Waals surface area (Å²) in [5.74, 6) is -0.130. The van der Waals surface area contributed by atoms with Crippen LogP contribution in [-0.4, -0.2) is 37.0 Å². The van der Waals surface area contributed by atoms with E-state index in [1.54, 1.807) is 15.9 Å². The molecule has 124 valence electrons. The molecule has 1 N–H and O–H groups in total. The average Bonchev–Trinajstić information content (AvgIpc) is 2.58. The molecule has 0 aromatic heterocycles. The number of aryl methyl sites for hydroxylation is 1. The van der Waals surface area contributed by atoms with Crippen molar-refractivity contribution in [2.75, 3.05) is 30.4 Å². The van der Waals surface area contributed by atoms with Crippen LogP contribution < -0.4 is 10.2 Å². The van der Waals surface area contributed by atoms with E-state index in [-0.39, 0.29) is 11.9 Å². The minimum absolute atomic E-state index is 0.0120. The van der Waals surface area contributed by atoms with Crippen LogP contribution in [0.1, 0.15) is 22.3 Å². The van der Waals surface area contributed by atoms with Crippen molar-refractivity contribution in [1.29, 1.82) is 0 Å². The van der Waals surface area contributed by atoms with Crippen LogP contribution in [0.4, 0.5) is 16.2 Å². The van der Waals surface area contributed by atoms with Gasteiger partial charge in [0, 0.05) is 37.1 Å². The number of rotatable bonds is 3. The van der Waals surface area contributed by atoms with Gasteiger partial charge < -0.3 is 10.2 Å². The molecule has 2 aromatic carbocycles. The lowest BCUT2D eigenvalue weighted by atomic mass is 10.1. The molecule has 0 radical (unpaired) electrons. The second-order valence-corrected chi connectivity index (χ2v) is 6.03. The Morgan fingerprint density at radius 3 is 2.46 bits per heavy atom. The molecule has 0 bridgehead atoms. The molecule has 0 spiro atoms. The highest BCUT2D eigenvalue weighted by Gasteiger charge is 2.23. The predicted octanol–water partition coefficient (Wildman–Crippen LogP) is 3.51. The SMILES string of the molecule is Cc1ccccc1C(=O)Nc1ccc(N2CCCN(C)C2=O)cc1. The molecule has 1 fully saturated rings. The van der Waals surface area contributed by atoms with E-state index in [0.717, 1.165) is 30.8 Å². The molecule has 0 aliphatic carbocycles. The van der Waals surface area contributed by atoms with Gasteiger partial charge in [-0.3, -0.25) is 9.69 Å². The maximum absolute atomic E-state index is 12.3. The topological polar surface area (TPSA) is 52.7 Å². The summed E-state index contributed by atoms with van der Waals surface area (Å²) in [6.45, 7) is 3.43. The first kappa shape index (κ1) is 16.1. The third-order valence-electron chi connectivity index (χ3n) is 4.26. The van der Waals surface area contributed by atoms with Crippen LogP contribution in [0.3, 0.4) is 0 Å². The molecule has 0 saturated carbocycles. The Balaban J connectivity index is 1.72. The van der Waals surface area contributed by atoms with Gasteiger partial charge in [0.1, 0.15) is 0 Å². The smallest absolute Gasteiger partial charge is 0.324 e. The molecule has 1 aliphatic rings. The lowest BCUT2D eigenvalue weighted by Crippen LogP contribution is -2.47. The van der Waals surface area contributed by atoms with Crippen LogP contribution >= 0.6 is 0 Å². The largest absolute Gasteiger partial charge is 0.327 e. The van der Waals surface area contributed by atoms with Crippen LogP contribution in [0, 0.1) is 6.92 Å². The van der Waals surface area contributed by atoms with E-state index >= 15 is 0 Å². The number of carbonyl (C=O) groups excluding carboxylic acids is 2. The number of carbonyl (C=O) groups is 2. The summed E-state index contributed by atoms with van der Waals surface area (Å²) < 4.78 is 0. The Morgan fingerprint density at radius 1 is 1.04 bits per heavy atom. The lowest BCUT2D eigenvalue weighted by Gasteiger charge is -2.33. The first-order valence-electron chi connectivity index (χ1n) is 8.06. The fraction of sp³-hybridized carbons (Fsp3) is 0.263. The standard InChI is InChI=1S/C19H21N3O2/c1-14-6-3-4-7-17(14)18(23)20-15-8-10-16(11-9-15)22-13-5-12-21(2)19(22)24/h3-4,6-11H,5,12-13H2,1-2H3,(H,20,23). The van der Waals surface area contributed by atoms with Gasteiger partial charge in [0.15, 0.2) is 0 Å². The zero-order chi connectivity index (χ0) is 17.1. The van der Waals surface area contributed by atoms with Crippen molar-refractivity contribution in [3.05, 3.63) is 59.7 Å². The zero-order valence-corrected chi connectivity index (χ0v) is 14.0. The molecule has 0 unspecified atom stereocenters. The average molecular weight is 323 g/mol. The van der Waals surface area contributed by atoms with Gasteiger partial charge in [-0.05, 0) is 49.2 Å². The molecule has 3 amide bonds. The van der Waals surface area contributed by atoms with Crippen molar-refractivity contribution in [3.8, 4) is 0 Å². The van der Waals surface area contributed by atoms with E-state index in [2.05, 4.69) is 5.32 Å². The molecule has 24 heavy (non-hydrogen) atoms. The summed E-state index contributed by atoms with van der Waals surface area (Å²) in [7, 11) is 1.81. The highest BCUT2D eigenvalue weighted by atomic mass is 16.2. The number of hydrogen-bond acceptors (Lipinski definition) is 2.